The lowest BCUT2D eigenvalue weighted by Crippen LogP contribution is -2.04. The molecule has 0 heterocycles. The highest BCUT2D eigenvalue weighted by Crippen LogP contribution is 2.21. The summed E-state index contributed by atoms with van der Waals surface area (Å²) in [5.41, 5.74) is 0.569. The lowest BCUT2D eigenvalue weighted by molar-refractivity contribution is 0.146. The van der Waals surface area contributed by atoms with Crippen LogP contribution in [0.1, 0.15) is 19.4 Å². The molecule has 0 amide bonds. The molecule has 88 valence electrons. The molecule has 0 saturated heterocycles. The van der Waals surface area contributed by atoms with Gasteiger partial charge in [0.1, 0.15) is 18.4 Å². The molecule has 0 aliphatic carbocycles. The number of hydrogen-bond donors (Lipinski definition) is 0. The summed E-state index contributed by atoms with van der Waals surface area (Å²) < 4.78 is 11.0. The Balaban J connectivity index is 0.00000106. The van der Waals surface area contributed by atoms with Crippen molar-refractivity contribution < 1.29 is 9.47 Å². The van der Waals surface area contributed by atoms with Crippen LogP contribution in [0.3, 0.4) is 0 Å². The van der Waals surface area contributed by atoms with E-state index in [2.05, 4.69) is 22.0 Å². The van der Waals surface area contributed by atoms with Crippen LogP contribution in [0, 0.1) is 11.3 Å². The molecule has 0 atom stereocenters. The van der Waals surface area contributed by atoms with Gasteiger partial charge in [-0.25, -0.2) is 0 Å². The van der Waals surface area contributed by atoms with Gasteiger partial charge in [0.25, 0.3) is 0 Å². The van der Waals surface area contributed by atoms with E-state index in [1.54, 1.807) is 25.3 Å². The fourth-order valence-corrected chi connectivity index (χ4v) is 1.26. The fraction of sp³-hybridized carbons (Fsp3) is 0.417. The van der Waals surface area contributed by atoms with Gasteiger partial charge in [0, 0.05) is 11.6 Å². The number of halogens is 1. The molecule has 0 aliphatic rings. The van der Waals surface area contributed by atoms with Crippen molar-refractivity contribution in [2.45, 2.75) is 13.8 Å². The highest BCUT2D eigenvalue weighted by atomic mass is 79.9. The lowest BCUT2D eigenvalue weighted by Gasteiger charge is -2.05. The first kappa shape index (κ1) is 14.9. The maximum Gasteiger partial charge on any atom is 0.120 e. The zero-order valence-electron chi connectivity index (χ0n) is 9.79. The molecule has 4 heteroatoms. The monoisotopic (exact) mass is 285 g/mol. The maximum atomic E-state index is 8.75. The molecule has 1 aromatic rings. The van der Waals surface area contributed by atoms with Crippen LogP contribution in [0.15, 0.2) is 22.7 Å². The van der Waals surface area contributed by atoms with Gasteiger partial charge in [0.15, 0.2) is 0 Å². The molecule has 16 heavy (non-hydrogen) atoms. The Morgan fingerprint density at radius 3 is 2.56 bits per heavy atom. The zero-order valence-corrected chi connectivity index (χ0v) is 11.4. The topological polar surface area (TPSA) is 42.2 Å². The maximum absolute atomic E-state index is 8.75. The number of ether oxygens (including phenoxy) is 2. The van der Waals surface area contributed by atoms with Gasteiger partial charge >= 0.3 is 0 Å². The number of nitrogens with zero attached hydrogens (tertiary/aromatic N) is 1. The first-order chi connectivity index (χ1) is 7.77. The number of methoxy groups -OCH3 is 1. The van der Waals surface area contributed by atoms with Crippen LogP contribution >= 0.6 is 15.9 Å². The quantitative estimate of drug-likeness (QED) is 0.797. The van der Waals surface area contributed by atoms with Crippen LogP contribution in [0.2, 0.25) is 0 Å². The molecule has 0 radical (unpaired) electrons. The van der Waals surface area contributed by atoms with Crippen LogP contribution < -0.4 is 4.74 Å². The Morgan fingerprint density at radius 1 is 1.31 bits per heavy atom. The molecule has 0 bridgehead atoms. The van der Waals surface area contributed by atoms with Crippen molar-refractivity contribution in [3.8, 4) is 11.8 Å². The van der Waals surface area contributed by atoms with Gasteiger partial charge in [0.2, 0.25) is 0 Å². The third-order valence-corrected chi connectivity index (χ3v) is 2.31. The Morgan fingerprint density at radius 2 is 2.00 bits per heavy atom. The van der Waals surface area contributed by atoms with Crippen LogP contribution in [0.25, 0.3) is 0 Å². The van der Waals surface area contributed by atoms with Crippen LogP contribution in [0.4, 0.5) is 0 Å². The summed E-state index contributed by atoms with van der Waals surface area (Å²) in [4.78, 5) is 0. The van der Waals surface area contributed by atoms with E-state index in [0.717, 1.165) is 4.47 Å². The van der Waals surface area contributed by atoms with Crippen molar-refractivity contribution in [3.05, 3.63) is 28.2 Å². The van der Waals surface area contributed by atoms with Gasteiger partial charge < -0.3 is 9.47 Å². The third kappa shape index (κ3) is 5.15. The van der Waals surface area contributed by atoms with Gasteiger partial charge in [0.05, 0.1) is 12.2 Å². The minimum atomic E-state index is 0.489. The Hall–Kier alpha value is -1.05. The van der Waals surface area contributed by atoms with E-state index in [9.17, 15) is 0 Å². The molecule has 0 N–H and O–H groups in total. The molecule has 0 spiro atoms. The minimum absolute atomic E-state index is 0.489. The van der Waals surface area contributed by atoms with Crippen molar-refractivity contribution in [3.63, 3.8) is 0 Å². The molecule has 0 fully saturated rings. The Labute approximate surface area is 105 Å². The predicted octanol–water partition coefficient (Wildman–Crippen LogP) is 3.37. The molecular weight excluding hydrogens is 270 g/mol. The first-order valence-corrected chi connectivity index (χ1v) is 5.88. The first-order valence-electron chi connectivity index (χ1n) is 5.09. The summed E-state index contributed by atoms with van der Waals surface area (Å²) >= 11 is 3.27. The molecule has 0 saturated carbocycles. The molecule has 3 nitrogen and oxygen atoms in total. The lowest BCUT2D eigenvalue weighted by atomic mass is 10.2. The van der Waals surface area contributed by atoms with E-state index >= 15 is 0 Å². The van der Waals surface area contributed by atoms with Crippen LogP contribution in [-0.2, 0) is 4.74 Å². The van der Waals surface area contributed by atoms with Crippen molar-refractivity contribution >= 4 is 15.9 Å². The number of rotatable bonds is 4. The summed E-state index contributed by atoms with van der Waals surface area (Å²) in [5, 5.41) is 8.75. The summed E-state index contributed by atoms with van der Waals surface area (Å²) in [5.74, 6) is 0.682. The van der Waals surface area contributed by atoms with Gasteiger partial charge in [-0.15, -0.1) is 0 Å². The molecule has 0 aliphatic heterocycles. The largest absolute Gasteiger partial charge is 0.491 e. The van der Waals surface area contributed by atoms with Crippen LogP contribution in [0.5, 0.6) is 5.75 Å². The van der Waals surface area contributed by atoms with Gasteiger partial charge in [-0.2, -0.15) is 5.26 Å². The van der Waals surface area contributed by atoms with Crippen molar-refractivity contribution in [1.29, 1.82) is 5.26 Å². The number of benzene rings is 1. The highest BCUT2D eigenvalue weighted by molar-refractivity contribution is 9.10. The molecule has 1 aromatic carbocycles. The van der Waals surface area contributed by atoms with Gasteiger partial charge in [-0.3, -0.25) is 0 Å². The number of nitriles is 1. The standard InChI is InChI=1S/C10H10BrNO2.C2H6/c1-13-4-5-14-9-2-3-10(11)8(6-9)7-12;1-2/h2-3,6H,4-5H2,1H3;1-2H3. The smallest absolute Gasteiger partial charge is 0.120 e. The fourth-order valence-electron chi connectivity index (χ4n) is 0.923. The zero-order chi connectivity index (χ0) is 12.4. The second kappa shape index (κ2) is 9.20. The summed E-state index contributed by atoms with van der Waals surface area (Å²) in [7, 11) is 1.62. The second-order valence-electron chi connectivity index (χ2n) is 2.59. The normalized spacial score (nSPS) is 8.69. The van der Waals surface area contributed by atoms with E-state index in [0.29, 0.717) is 24.5 Å². The van der Waals surface area contributed by atoms with Crippen LogP contribution in [-0.4, -0.2) is 20.3 Å². The third-order valence-electron chi connectivity index (χ3n) is 1.61. The summed E-state index contributed by atoms with van der Waals surface area (Å²) in [6.45, 7) is 5.03. The van der Waals surface area contributed by atoms with Gasteiger partial charge in [-0.1, -0.05) is 13.8 Å². The predicted molar refractivity (Wildman–Crippen MR) is 67.6 cm³/mol. The van der Waals surface area contributed by atoms with Crippen molar-refractivity contribution in [1.82, 2.24) is 0 Å². The van der Waals surface area contributed by atoms with E-state index in [4.69, 9.17) is 14.7 Å². The highest BCUT2D eigenvalue weighted by Gasteiger charge is 2.00. The molecular formula is C12H16BrNO2. The van der Waals surface area contributed by atoms with E-state index < -0.39 is 0 Å². The van der Waals surface area contributed by atoms with Crippen molar-refractivity contribution in [2.24, 2.45) is 0 Å². The Bertz CT molecular complexity index is 347. The molecule has 0 aromatic heterocycles. The summed E-state index contributed by atoms with van der Waals surface area (Å²) in [6, 6.07) is 7.36. The second-order valence-corrected chi connectivity index (χ2v) is 3.45. The minimum Gasteiger partial charge on any atom is -0.491 e. The van der Waals surface area contributed by atoms with Crippen molar-refractivity contribution in [2.75, 3.05) is 20.3 Å². The Kier molecular flexibility index (Phi) is 8.59. The molecule has 1 rings (SSSR count). The summed E-state index contributed by atoms with van der Waals surface area (Å²) in [6.07, 6.45) is 0. The average molecular weight is 286 g/mol. The van der Waals surface area contributed by atoms with E-state index in [1.807, 2.05) is 13.8 Å². The van der Waals surface area contributed by atoms with Gasteiger partial charge in [-0.05, 0) is 34.1 Å². The average Bonchev–Trinajstić information content (AvgIpc) is 2.34. The van der Waals surface area contributed by atoms with E-state index in [-0.39, 0.29) is 0 Å². The SMILES string of the molecule is CC.COCCOc1ccc(Br)c(C#N)c1. The number of hydrogen-bond acceptors (Lipinski definition) is 3. The molecule has 0 unspecified atom stereocenters. The van der Waals surface area contributed by atoms with E-state index in [1.165, 1.54) is 0 Å².